The van der Waals surface area contributed by atoms with Crippen LogP contribution in [-0.4, -0.2) is 12.1 Å². The predicted octanol–water partition coefficient (Wildman–Crippen LogP) is 3.17. The van der Waals surface area contributed by atoms with E-state index in [0.717, 1.165) is 0 Å². The lowest BCUT2D eigenvalue weighted by molar-refractivity contribution is -0.0639. The first-order chi connectivity index (χ1) is 6.95. The highest BCUT2D eigenvalue weighted by atomic mass is 16.7. The molecule has 0 spiro atoms. The van der Waals surface area contributed by atoms with E-state index in [9.17, 15) is 0 Å². The van der Waals surface area contributed by atoms with E-state index in [2.05, 4.69) is 5.48 Å². The molecule has 0 heterocycles. The summed E-state index contributed by atoms with van der Waals surface area (Å²) in [4.78, 5) is 5.77. The van der Waals surface area contributed by atoms with Crippen LogP contribution in [0.5, 0.6) is 0 Å². The Morgan fingerprint density at radius 3 is 1.93 bits per heavy atom. The van der Waals surface area contributed by atoms with Crippen molar-refractivity contribution in [2.75, 3.05) is 0 Å². The number of hydrogen-bond acceptors (Lipinski definition) is 2. The fraction of sp³-hybridized carbons (Fsp3) is 1.00. The molecule has 0 aliphatic heterocycles. The van der Waals surface area contributed by atoms with Crippen molar-refractivity contribution in [1.82, 2.24) is 5.48 Å². The van der Waals surface area contributed by atoms with E-state index in [0.29, 0.717) is 12.1 Å². The summed E-state index contributed by atoms with van der Waals surface area (Å²) in [7, 11) is 0. The first kappa shape index (κ1) is 10.4. The highest BCUT2D eigenvalue weighted by Crippen LogP contribution is 2.21. The van der Waals surface area contributed by atoms with E-state index >= 15 is 0 Å². The van der Waals surface area contributed by atoms with Gasteiger partial charge in [-0.25, -0.2) is 0 Å². The molecule has 0 unspecified atom stereocenters. The van der Waals surface area contributed by atoms with E-state index in [1.54, 1.807) is 0 Å². The van der Waals surface area contributed by atoms with Gasteiger partial charge in [0, 0.05) is 6.04 Å². The van der Waals surface area contributed by atoms with Gasteiger partial charge in [-0.3, -0.25) is 4.84 Å². The molecule has 2 nitrogen and oxygen atoms in total. The molecule has 0 aromatic rings. The first-order valence-corrected chi connectivity index (χ1v) is 6.36. The molecular weight excluding hydrogens is 174 g/mol. The van der Waals surface area contributed by atoms with Gasteiger partial charge in [0.25, 0.3) is 0 Å². The van der Waals surface area contributed by atoms with Gasteiger partial charge in [-0.15, -0.1) is 0 Å². The lowest BCUT2D eigenvalue weighted by Gasteiger charge is -2.27. The van der Waals surface area contributed by atoms with Gasteiger partial charge < -0.3 is 0 Å². The molecule has 0 aromatic carbocycles. The Hall–Kier alpha value is -0.0800. The molecule has 0 bridgehead atoms. The van der Waals surface area contributed by atoms with Crippen molar-refractivity contribution < 1.29 is 4.84 Å². The number of nitrogens with one attached hydrogen (secondary N) is 1. The standard InChI is InChI=1S/C12H23NO/c1-3-7-11(8-4-1)13-14-12-9-5-2-6-10-12/h11-13H,1-10H2. The van der Waals surface area contributed by atoms with Gasteiger partial charge >= 0.3 is 0 Å². The van der Waals surface area contributed by atoms with Crippen LogP contribution in [0.25, 0.3) is 0 Å². The highest BCUT2D eigenvalue weighted by molar-refractivity contribution is 4.70. The summed E-state index contributed by atoms with van der Waals surface area (Å²) in [5, 5.41) is 0. The number of rotatable bonds is 3. The van der Waals surface area contributed by atoms with Gasteiger partial charge in [-0.05, 0) is 25.7 Å². The summed E-state index contributed by atoms with van der Waals surface area (Å²) in [5.74, 6) is 0. The topological polar surface area (TPSA) is 21.3 Å². The summed E-state index contributed by atoms with van der Waals surface area (Å²) in [6.07, 6.45) is 14.0. The lowest BCUT2D eigenvalue weighted by Crippen LogP contribution is -2.35. The average molecular weight is 197 g/mol. The second-order valence-corrected chi connectivity index (χ2v) is 4.83. The summed E-state index contributed by atoms with van der Waals surface area (Å²) < 4.78 is 0. The molecule has 1 N–H and O–H groups in total. The Kier molecular flexibility index (Phi) is 4.26. The summed E-state index contributed by atoms with van der Waals surface area (Å²) in [6.45, 7) is 0. The molecule has 0 atom stereocenters. The molecule has 0 saturated heterocycles. The van der Waals surface area contributed by atoms with Crippen LogP contribution in [0.2, 0.25) is 0 Å². The zero-order valence-electron chi connectivity index (χ0n) is 9.13. The maximum atomic E-state index is 5.77. The van der Waals surface area contributed by atoms with E-state index in [4.69, 9.17) is 4.84 Å². The van der Waals surface area contributed by atoms with E-state index in [1.165, 1.54) is 64.2 Å². The summed E-state index contributed by atoms with van der Waals surface area (Å²) in [5.41, 5.74) is 3.29. The Morgan fingerprint density at radius 1 is 0.714 bits per heavy atom. The van der Waals surface area contributed by atoms with E-state index < -0.39 is 0 Å². The van der Waals surface area contributed by atoms with Crippen molar-refractivity contribution in [2.45, 2.75) is 76.4 Å². The molecule has 14 heavy (non-hydrogen) atoms. The Bertz CT molecular complexity index is 130. The number of hydroxylamine groups is 1. The number of hydrogen-bond donors (Lipinski definition) is 1. The third kappa shape index (κ3) is 3.25. The van der Waals surface area contributed by atoms with Crippen LogP contribution in [0.3, 0.4) is 0 Å². The highest BCUT2D eigenvalue weighted by Gasteiger charge is 2.17. The van der Waals surface area contributed by atoms with Crippen molar-refractivity contribution in [2.24, 2.45) is 0 Å². The molecule has 2 heteroatoms. The monoisotopic (exact) mass is 197 g/mol. The van der Waals surface area contributed by atoms with E-state index in [-0.39, 0.29) is 0 Å². The largest absolute Gasteiger partial charge is 0.298 e. The minimum Gasteiger partial charge on any atom is -0.298 e. The molecule has 2 fully saturated rings. The SMILES string of the molecule is C1CCC(NOC2CCCCC2)CC1. The van der Waals surface area contributed by atoms with Crippen LogP contribution >= 0.6 is 0 Å². The van der Waals surface area contributed by atoms with Crippen LogP contribution in [0.4, 0.5) is 0 Å². The van der Waals surface area contributed by atoms with Crippen molar-refractivity contribution in [3.05, 3.63) is 0 Å². The molecule has 0 radical (unpaired) electrons. The van der Waals surface area contributed by atoms with Crippen LogP contribution in [0.15, 0.2) is 0 Å². The van der Waals surface area contributed by atoms with Crippen LogP contribution in [0.1, 0.15) is 64.2 Å². The smallest absolute Gasteiger partial charge is 0.0790 e. The third-order valence-electron chi connectivity index (χ3n) is 3.56. The Balaban J connectivity index is 1.60. The fourth-order valence-electron chi connectivity index (χ4n) is 2.60. The second kappa shape index (κ2) is 5.72. The zero-order chi connectivity index (χ0) is 9.64. The van der Waals surface area contributed by atoms with Crippen LogP contribution < -0.4 is 5.48 Å². The summed E-state index contributed by atoms with van der Waals surface area (Å²) in [6, 6.07) is 0.644. The van der Waals surface area contributed by atoms with Crippen molar-refractivity contribution in [3.8, 4) is 0 Å². The third-order valence-corrected chi connectivity index (χ3v) is 3.56. The normalized spacial score (nSPS) is 26.6. The quantitative estimate of drug-likeness (QED) is 0.702. The van der Waals surface area contributed by atoms with Gasteiger partial charge in [0.05, 0.1) is 6.10 Å². The predicted molar refractivity (Wildman–Crippen MR) is 58.0 cm³/mol. The van der Waals surface area contributed by atoms with Gasteiger partial charge in [0.15, 0.2) is 0 Å². The first-order valence-electron chi connectivity index (χ1n) is 6.36. The van der Waals surface area contributed by atoms with Gasteiger partial charge in [-0.2, -0.15) is 5.48 Å². The Labute approximate surface area is 87.4 Å². The maximum Gasteiger partial charge on any atom is 0.0790 e. The second-order valence-electron chi connectivity index (χ2n) is 4.83. The Morgan fingerprint density at radius 2 is 1.29 bits per heavy atom. The van der Waals surface area contributed by atoms with Crippen molar-refractivity contribution in [1.29, 1.82) is 0 Å². The lowest BCUT2D eigenvalue weighted by atomic mass is 9.96. The molecule has 2 rings (SSSR count). The molecule has 0 aromatic heterocycles. The molecule has 2 aliphatic carbocycles. The fourth-order valence-corrected chi connectivity index (χ4v) is 2.60. The van der Waals surface area contributed by atoms with Crippen LogP contribution in [-0.2, 0) is 4.84 Å². The summed E-state index contributed by atoms with van der Waals surface area (Å²) >= 11 is 0. The molecular formula is C12H23NO. The van der Waals surface area contributed by atoms with Crippen molar-refractivity contribution >= 4 is 0 Å². The minimum absolute atomic E-state index is 0.505. The maximum absolute atomic E-state index is 5.77. The van der Waals surface area contributed by atoms with E-state index in [1.807, 2.05) is 0 Å². The zero-order valence-corrected chi connectivity index (χ0v) is 9.13. The molecule has 2 aliphatic rings. The van der Waals surface area contributed by atoms with Gasteiger partial charge in [-0.1, -0.05) is 38.5 Å². The van der Waals surface area contributed by atoms with Crippen molar-refractivity contribution in [3.63, 3.8) is 0 Å². The van der Waals surface area contributed by atoms with Crippen LogP contribution in [0, 0.1) is 0 Å². The molecule has 82 valence electrons. The van der Waals surface area contributed by atoms with Gasteiger partial charge in [0.2, 0.25) is 0 Å². The molecule has 0 amide bonds. The minimum atomic E-state index is 0.505. The van der Waals surface area contributed by atoms with Gasteiger partial charge in [0.1, 0.15) is 0 Å². The molecule has 2 saturated carbocycles. The average Bonchev–Trinajstić information content (AvgIpc) is 2.29.